The van der Waals surface area contributed by atoms with E-state index < -0.39 is 0 Å². The Labute approximate surface area is 170 Å². The van der Waals surface area contributed by atoms with Gasteiger partial charge in [0.15, 0.2) is 5.96 Å². The number of benzene rings is 1. The number of nitrogens with zero attached hydrogens (tertiary/aromatic N) is 3. The first-order chi connectivity index (χ1) is 13.8. The van der Waals surface area contributed by atoms with E-state index in [-0.39, 0.29) is 0 Å². The predicted molar refractivity (Wildman–Crippen MR) is 116 cm³/mol. The van der Waals surface area contributed by atoms with Crippen LogP contribution in [-0.2, 0) is 4.74 Å². The Morgan fingerprint density at radius 1 is 1.11 bits per heavy atom. The van der Waals surface area contributed by atoms with E-state index in [1.807, 2.05) is 7.05 Å². The summed E-state index contributed by atoms with van der Waals surface area (Å²) in [5.41, 5.74) is 2.66. The molecule has 6 nitrogen and oxygen atoms in total. The first-order valence-electron chi connectivity index (χ1n) is 10.8. The SMILES string of the molecule is CN=C(NCCN1CCCCC1)NCC(c1cccc(C)c1)N1CCOCC1. The van der Waals surface area contributed by atoms with Crippen LogP contribution in [0.15, 0.2) is 29.3 Å². The maximum absolute atomic E-state index is 5.56. The summed E-state index contributed by atoms with van der Waals surface area (Å²) in [6, 6.07) is 9.18. The Hall–Kier alpha value is -1.63. The second kappa shape index (κ2) is 11.4. The minimum atomic E-state index is 0.324. The smallest absolute Gasteiger partial charge is 0.191 e. The van der Waals surface area contributed by atoms with Crippen molar-refractivity contribution in [2.24, 2.45) is 4.99 Å². The molecule has 0 spiro atoms. The molecule has 1 atom stereocenters. The number of hydrogen-bond acceptors (Lipinski definition) is 4. The van der Waals surface area contributed by atoms with E-state index in [1.165, 1.54) is 43.5 Å². The second-order valence-corrected chi connectivity index (χ2v) is 7.86. The molecule has 2 aliphatic heterocycles. The fourth-order valence-corrected chi connectivity index (χ4v) is 4.15. The van der Waals surface area contributed by atoms with E-state index in [0.717, 1.165) is 51.9 Å². The average molecular weight is 388 g/mol. The summed E-state index contributed by atoms with van der Waals surface area (Å²) in [7, 11) is 1.85. The van der Waals surface area contributed by atoms with Gasteiger partial charge in [-0.05, 0) is 38.4 Å². The molecule has 3 rings (SSSR count). The highest BCUT2D eigenvalue weighted by atomic mass is 16.5. The Morgan fingerprint density at radius 3 is 2.61 bits per heavy atom. The molecule has 28 heavy (non-hydrogen) atoms. The van der Waals surface area contributed by atoms with Crippen molar-refractivity contribution in [3.05, 3.63) is 35.4 Å². The number of aryl methyl sites for hydroxylation is 1. The fraction of sp³-hybridized carbons (Fsp3) is 0.682. The molecule has 0 radical (unpaired) electrons. The number of nitrogens with one attached hydrogen (secondary N) is 2. The molecule has 1 aromatic carbocycles. The lowest BCUT2D eigenvalue weighted by atomic mass is 10.0. The molecule has 2 fully saturated rings. The Morgan fingerprint density at radius 2 is 1.89 bits per heavy atom. The Balaban J connectivity index is 1.53. The summed E-state index contributed by atoms with van der Waals surface area (Å²) in [4.78, 5) is 9.50. The standard InChI is InChI=1S/C22H37N5O/c1-19-7-6-8-20(17-19)21(27-13-15-28-16-14-27)18-25-22(23-2)24-9-12-26-10-4-3-5-11-26/h6-8,17,21H,3-5,9-16,18H2,1-2H3,(H2,23,24,25). The fourth-order valence-electron chi connectivity index (χ4n) is 4.15. The number of morpholine rings is 1. The predicted octanol–water partition coefficient (Wildman–Crippen LogP) is 2.02. The van der Waals surface area contributed by atoms with Crippen LogP contribution in [0.25, 0.3) is 0 Å². The molecule has 2 aliphatic rings. The van der Waals surface area contributed by atoms with Crippen molar-refractivity contribution in [3.63, 3.8) is 0 Å². The maximum Gasteiger partial charge on any atom is 0.191 e. The molecule has 156 valence electrons. The van der Waals surface area contributed by atoms with Gasteiger partial charge >= 0.3 is 0 Å². The number of rotatable bonds is 7. The van der Waals surface area contributed by atoms with Crippen LogP contribution in [0.1, 0.15) is 36.4 Å². The van der Waals surface area contributed by atoms with E-state index >= 15 is 0 Å². The Kier molecular flexibility index (Phi) is 8.58. The lowest BCUT2D eigenvalue weighted by Crippen LogP contribution is -2.47. The van der Waals surface area contributed by atoms with Crippen LogP contribution in [0.3, 0.4) is 0 Å². The molecule has 1 aromatic rings. The van der Waals surface area contributed by atoms with Crippen molar-refractivity contribution in [1.29, 1.82) is 0 Å². The zero-order valence-corrected chi connectivity index (χ0v) is 17.6. The minimum absolute atomic E-state index is 0.324. The van der Waals surface area contributed by atoms with Gasteiger partial charge in [0.05, 0.1) is 19.3 Å². The van der Waals surface area contributed by atoms with Crippen LogP contribution in [0.5, 0.6) is 0 Å². The molecule has 0 amide bonds. The highest BCUT2D eigenvalue weighted by Crippen LogP contribution is 2.22. The quantitative estimate of drug-likeness (QED) is 0.554. The van der Waals surface area contributed by atoms with Crippen molar-refractivity contribution in [3.8, 4) is 0 Å². The third-order valence-corrected chi connectivity index (χ3v) is 5.77. The lowest BCUT2D eigenvalue weighted by molar-refractivity contribution is 0.0170. The van der Waals surface area contributed by atoms with E-state index in [4.69, 9.17) is 4.74 Å². The summed E-state index contributed by atoms with van der Waals surface area (Å²) < 4.78 is 5.56. The van der Waals surface area contributed by atoms with Crippen LogP contribution in [0.2, 0.25) is 0 Å². The van der Waals surface area contributed by atoms with Crippen molar-refractivity contribution in [2.75, 3.05) is 66.1 Å². The van der Waals surface area contributed by atoms with Crippen molar-refractivity contribution >= 4 is 5.96 Å². The number of guanidine groups is 1. The van der Waals surface area contributed by atoms with E-state index in [9.17, 15) is 0 Å². The molecule has 1 unspecified atom stereocenters. The molecular weight excluding hydrogens is 350 g/mol. The monoisotopic (exact) mass is 387 g/mol. The van der Waals surface area contributed by atoms with E-state index in [0.29, 0.717) is 6.04 Å². The largest absolute Gasteiger partial charge is 0.379 e. The summed E-state index contributed by atoms with van der Waals surface area (Å²) >= 11 is 0. The van der Waals surface area contributed by atoms with E-state index in [2.05, 4.69) is 56.6 Å². The van der Waals surface area contributed by atoms with Crippen LogP contribution in [-0.4, -0.2) is 81.8 Å². The van der Waals surface area contributed by atoms with Gasteiger partial charge in [-0.3, -0.25) is 9.89 Å². The molecule has 0 saturated carbocycles. The number of piperidine rings is 1. The van der Waals surface area contributed by atoms with Gasteiger partial charge in [-0.1, -0.05) is 36.2 Å². The van der Waals surface area contributed by atoms with Gasteiger partial charge in [-0.25, -0.2) is 0 Å². The molecule has 0 aliphatic carbocycles. The van der Waals surface area contributed by atoms with Crippen LogP contribution < -0.4 is 10.6 Å². The molecule has 0 aromatic heterocycles. The van der Waals surface area contributed by atoms with Crippen molar-refractivity contribution in [2.45, 2.75) is 32.2 Å². The summed E-state index contributed by atoms with van der Waals surface area (Å²) in [5.74, 6) is 0.892. The normalized spacial score (nSPS) is 20.7. The first kappa shape index (κ1) is 21.1. The molecular formula is C22H37N5O. The summed E-state index contributed by atoms with van der Waals surface area (Å²) in [6.07, 6.45) is 4.06. The lowest BCUT2D eigenvalue weighted by Gasteiger charge is -2.35. The van der Waals surface area contributed by atoms with Gasteiger partial charge in [-0.2, -0.15) is 0 Å². The van der Waals surface area contributed by atoms with E-state index in [1.54, 1.807) is 0 Å². The number of likely N-dealkylation sites (tertiary alicyclic amines) is 1. The van der Waals surface area contributed by atoms with Crippen molar-refractivity contribution in [1.82, 2.24) is 20.4 Å². The van der Waals surface area contributed by atoms with Gasteiger partial charge < -0.3 is 20.3 Å². The summed E-state index contributed by atoms with van der Waals surface area (Å²) in [5, 5.41) is 7.05. The topological polar surface area (TPSA) is 52.1 Å². The average Bonchev–Trinajstić information content (AvgIpc) is 2.74. The number of ether oxygens (including phenoxy) is 1. The zero-order valence-electron chi connectivity index (χ0n) is 17.6. The number of aliphatic imine (C=N–C) groups is 1. The highest BCUT2D eigenvalue weighted by Gasteiger charge is 2.23. The molecule has 2 heterocycles. The maximum atomic E-state index is 5.56. The molecule has 0 bridgehead atoms. The molecule has 2 saturated heterocycles. The minimum Gasteiger partial charge on any atom is -0.379 e. The van der Waals surface area contributed by atoms with Gasteiger partial charge in [0, 0.05) is 39.8 Å². The number of hydrogen-bond donors (Lipinski definition) is 2. The van der Waals surface area contributed by atoms with Crippen LogP contribution >= 0.6 is 0 Å². The van der Waals surface area contributed by atoms with Gasteiger partial charge in [0.25, 0.3) is 0 Å². The van der Waals surface area contributed by atoms with Gasteiger partial charge in [0.2, 0.25) is 0 Å². The third-order valence-electron chi connectivity index (χ3n) is 5.77. The van der Waals surface area contributed by atoms with Crippen LogP contribution in [0, 0.1) is 6.92 Å². The van der Waals surface area contributed by atoms with Crippen LogP contribution in [0.4, 0.5) is 0 Å². The third kappa shape index (κ3) is 6.47. The summed E-state index contributed by atoms with van der Waals surface area (Å²) in [6.45, 7) is 11.1. The molecule has 2 N–H and O–H groups in total. The highest BCUT2D eigenvalue weighted by molar-refractivity contribution is 5.79. The van der Waals surface area contributed by atoms with Gasteiger partial charge in [0.1, 0.15) is 0 Å². The first-order valence-corrected chi connectivity index (χ1v) is 10.8. The molecule has 6 heteroatoms. The van der Waals surface area contributed by atoms with Crippen molar-refractivity contribution < 1.29 is 4.74 Å². The van der Waals surface area contributed by atoms with Gasteiger partial charge in [-0.15, -0.1) is 0 Å². The Bertz CT molecular complexity index is 609. The second-order valence-electron chi connectivity index (χ2n) is 7.86. The zero-order chi connectivity index (χ0) is 19.6.